The molecule has 2 aromatic carbocycles. The minimum Gasteiger partial charge on any atom is -0.342 e. The number of aromatic nitrogens is 3. The van der Waals surface area contributed by atoms with E-state index < -0.39 is 18.1 Å². The Morgan fingerprint density at radius 2 is 1.68 bits per heavy atom. The van der Waals surface area contributed by atoms with Gasteiger partial charge >= 0.3 is 0 Å². The SMILES string of the molecule is CC(C)C[C@@H]1C(=O)N[C@H](C2Cc3ccccc3C2)C(=O)N1[C@@H](C(=O)CC(C)(C)C)c1ccc(-n2cncn2)cc1. The summed E-state index contributed by atoms with van der Waals surface area (Å²) in [5.41, 5.74) is 3.65. The Bertz CT molecular complexity index is 1350. The van der Waals surface area contributed by atoms with E-state index in [1.165, 1.54) is 17.5 Å². The Hall–Kier alpha value is -3.81. The van der Waals surface area contributed by atoms with E-state index in [2.05, 4.69) is 27.5 Å². The molecule has 1 aliphatic heterocycles. The number of benzene rings is 2. The maximum Gasteiger partial charge on any atom is 0.247 e. The molecule has 1 saturated heterocycles. The van der Waals surface area contributed by atoms with Gasteiger partial charge in [-0.05, 0) is 65.3 Å². The molecule has 1 N–H and O–H groups in total. The van der Waals surface area contributed by atoms with Crippen molar-refractivity contribution in [1.29, 1.82) is 0 Å². The summed E-state index contributed by atoms with van der Waals surface area (Å²) in [5, 5.41) is 7.28. The number of nitrogens with one attached hydrogen (secondary N) is 1. The number of nitrogens with zero attached hydrogens (tertiary/aromatic N) is 4. The highest BCUT2D eigenvalue weighted by Crippen LogP contribution is 2.37. The minimum absolute atomic E-state index is 0.0515. The van der Waals surface area contributed by atoms with Crippen molar-refractivity contribution in [2.45, 2.75) is 78.4 Å². The van der Waals surface area contributed by atoms with Gasteiger partial charge in [-0.3, -0.25) is 14.4 Å². The molecule has 0 unspecified atom stereocenters. The molecular formula is C32H39N5O3. The molecule has 2 aliphatic rings. The summed E-state index contributed by atoms with van der Waals surface area (Å²) in [7, 11) is 0. The molecule has 1 aliphatic carbocycles. The summed E-state index contributed by atoms with van der Waals surface area (Å²) >= 11 is 0. The number of rotatable bonds is 8. The zero-order valence-electron chi connectivity index (χ0n) is 24.0. The Balaban J connectivity index is 1.55. The quantitative estimate of drug-likeness (QED) is 0.454. The largest absolute Gasteiger partial charge is 0.342 e. The fraction of sp³-hybridized carbons (Fsp3) is 0.469. The molecule has 210 valence electrons. The van der Waals surface area contributed by atoms with Gasteiger partial charge in [0.25, 0.3) is 0 Å². The van der Waals surface area contributed by atoms with Gasteiger partial charge in [-0.15, -0.1) is 0 Å². The molecule has 8 heteroatoms. The van der Waals surface area contributed by atoms with Crippen LogP contribution in [0.1, 0.15) is 70.2 Å². The highest BCUT2D eigenvalue weighted by atomic mass is 16.2. The lowest BCUT2D eigenvalue weighted by molar-refractivity contribution is -0.157. The predicted molar refractivity (Wildman–Crippen MR) is 153 cm³/mol. The highest BCUT2D eigenvalue weighted by Gasteiger charge is 2.49. The molecule has 40 heavy (non-hydrogen) atoms. The molecule has 3 aromatic rings. The van der Waals surface area contributed by atoms with Gasteiger partial charge in [0.2, 0.25) is 11.8 Å². The van der Waals surface area contributed by atoms with Crippen LogP contribution < -0.4 is 5.32 Å². The maximum atomic E-state index is 14.5. The number of hydrogen-bond acceptors (Lipinski definition) is 5. The van der Waals surface area contributed by atoms with Crippen molar-refractivity contribution in [2.75, 3.05) is 0 Å². The van der Waals surface area contributed by atoms with E-state index in [4.69, 9.17) is 0 Å². The summed E-state index contributed by atoms with van der Waals surface area (Å²) in [6, 6.07) is 13.4. The first-order valence-electron chi connectivity index (χ1n) is 14.2. The van der Waals surface area contributed by atoms with E-state index >= 15 is 0 Å². The predicted octanol–water partition coefficient (Wildman–Crippen LogP) is 4.47. The molecule has 0 spiro atoms. The van der Waals surface area contributed by atoms with Crippen LogP contribution in [0.4, 0.5) is 0 Å². The topological polar surface area (TPSA) is 97.2 Å². The van der Waals surface area contributed by atoms with E-state index in [9.17, 15) is 14.4 Å². The van der Waals surface area contributed by atoms with Crippen LogP contribution in [-0.4, -0.2) is 49.3 Å². The summed E-state index contributed by atoms with van der Waals surface area (Å²) in [6.45, 7) is 10.1. The van der Waals surface area contributed by atoms with Crippen molar-refractivity contribution in [3.05, 3.63) is 77.9 Å². The molecular weight excluding hydrogens is 502 g/mol. The third kappa shape index (κ3) is 5.71. The fourth-order valence-corrected chi connectivity index (χ4v) is 6.15. The lowest BCUT2D eigenvalue weighted by atomic mass is 9.83. The second-order valence-electron chi connectivity index (χ2n) is 12.9. The van der Waals surface area contributed by atoms with Crippen LogP contribution in [0.25, 0.3) is 5.69 Å². The molecule has 3 atom stereocenters. The first-order valence-corrected chi connectivity index (χ1v) is 14.2. The first kappa shape index (κ1) is 27.7. The molecule has 1 fully saturated rings. The number of carbonyl (C=O) groups excluding carboxylic acids is 3. The molecule has 2 heterocycles. The third-order valence-corrected chi connectivity index (χ3v) is 7.89. The molecule has 8 nitrogen and oxygen atoms in total. The lowest BCUT2D eigenvalue weighted by Crippen LogP contribution is -2.66. The van der Waals surface area contributed by atoms with Crippen LogP contribution in [0.15, 0.2) is 61.2 Å². The summed E-state index contributed by atoms with van der Waals surface area (Å²) in [5.74, 6) is -0.306. The minimum atomic E-state index is -0.863. The van der Waals surface area contributed by atoms with Crippen molar-refractivity contribution in [2.24, 2.45) is 17.3 Å². The van der Waals surface area contributed by atoms with Gasteiger partial charge in [-0.1, -0.05) is 71.0 Å². The third-order valence-electron chi connectivity index (χ3n) is 7.89. The number of fused-ring (bicyclic) bond motifs is 1. The smallest absolute Gasteiger partial charge is 0.247 e. The average molecular weight is 542 g/mol. The molecule has 0 bridgehead atoms. The van der Waals surface area contributed by atoms with Gasteiger partial charge in [0.1, 0.15) is 30.8 Å². The molecule has 5 rings (SSSR count). The number of amides is 2. The van der Waals surface area contributed by atoms with Gasteiger partial charge in [0.15, 0.2) is 5.78 Å². The fourth-order valence-electron chi connectivity index (χ4n) is 6.15. The zero-order valence-corrected chi connectivity index (χ0v) is 24.0. The van der Waals surface area contributed by atoms with Crippen LogP contribution in [0.3, 0.4) is 0 Å². The Kier molecular flexibility index (Phi) is 7.62. The Morgan fingerprint density at radius 3 is 2.23 bits per heavy atom. The standard InChI is InChI=1S/C32H39N5O3/c1-20(2)14-26-30(39)35-28(24-15-22-8-6-7-9-23(22)16-24)31(40)37(26)29(27(38)17-32(3,4)5)21-10-12-25(13-11-21)36-19-33-18-34-36/h6-13,18-20,24,26,28-29H,14-17H2,1-5H3,(H,35,39)/t26-,28-,29-/m1/s1. The summed E-state index contributed by atoms with van der Waals surface area (Å²) in [4.78, 5) is 48.0. The van der Waals surface area contributed by atoms with E-state index in [-0.39, 0.29) is 41.3 Å². The van der Waals surface area contributed by atoms with Crippen molar-refractivity contribution in [1.82, 2.24) is 25.0 Å². The first-order chi connectivity index (χ1) is 19.0. The number of carbonyl (C=O) groups is 3. The molecule has 1 aromatic heterocycles. The van der Waals surface area contributed by atoms with E-state index in [1.54, 1.807) is 15.9 Å². The van der Waals surface area contributed by atoms with Crippen LogP contribution in [0.5, 0.6) is 0 Å². The van der Waals surface area contributed by atoms with Gasteiger partial charge < -0.3 is 10.2 Å². The zero-order chi connectivity index (χ0) is 28.6. The van der Waals surface area contributed by atoms with Gasteiger partial charge in [-0.2, -0.15) is 5.10 Å². The lowest BCUT2D eigenvalue weighted by Gasteiger charge is -2.45. The Morgan fingerprint density at radius 1 is 1.02 bits per heavy atom. The van der Waals surface area contributed by atoms with Gasteiger partial charge in [0, 0.05) is 6.42 Å². The molecule has 0 radical (unpaired) electrons. The van der Waals surface area contributed by atoms with E-state index in [0.29, 0.717) is 12.0 Å². The van der Waals surface area contributed by atoms with Gasteiger partial charge in [-0.25, -0.2) is 9.67 Å². The van der Waals surface area contributed by atoms with Crippen molar-refractivity contribution in [3.8, 4) is 5.69 Å². The highest BCUT2D eigenvalue weighted by molar-refractivity contribution is 6.00. The Labute approximate surface area is 236 Å². The number of ketones is 1. The maximum absolute atomic E-state index is 14.5. The molecule has 0 saturated carbocycles. The second-order valence-corrected chi connectivity index (χ2v) is 12.9. The van der Waals surface area contributed by atoms with Crippen molar-refractivity contribution >= 4 is 17.6 Å². The van der Waals surface area contributed by atoms with Crippen LogP contribution in [0.2, 0.25) is 0 Å². The van der Waals surface area contributed by atoms with Crippen molar-refractivity contribution in [3.63, 3.8) is 0 Å². The van der Waals surface area contributed by atoms with Crippen LogP contribution in [0, 0.1) is 17.3 Å². The number of Topliss-reactive ketones (excluding diaryl/α,β-unsaturated/α-hetero) is 1. The van der Waals surface area contributed by atoms with E-state index in [0.717, 1.165) is 18.5 Å². The van der Waals surface area contributed by atoms with Crippen LogP contribution >= 0.6 is 0 Å². The normalized spacial score (nSPS) is 20.5. The second kappa shape index (κ2) is 11.0. The monoisotopic (exact) mass is 541 g/mol. The summed E-state index contributed by atoms with van der Waals surface area (Å²) < 4.78 is 1.64. The van der Waals surface area contributed by atoms with Crippen LogP contribution in [-0.2, 0) is 27.2 Å². The number of piperazine rings is 1. The molecule has 2 amide bonds. The number of hydrogen-bond donors (Lipinski definition) is 1. The van der Waals surface area contributed by atoms with E-state index in [1.807, 2.05) is 71.0 Å². The summed E-state index contributed by atoms with van der Waals surface area (Å²) in [6.07, 6.45) is 5.28. The van der Waals surface area contributed by atoms with Crippen molar-refractivity contribution < 1.29 is 14.4 Å². The van der Waals surface area contributed by atoms with Gasteiger partial charge in [0.05, 0.1) is 5.69 Å². The average Bonchev–Trinajstić information content (AvgIpc) is 3.57.